The number of carbonyl (C=O) groups is 1. The summed E-state index contributed by atoms with van der Waals surface area (Å²) in [6, 6.07) is 0. The van der Waals surface area contributed by atoms with Crippen molar-refractivity contribution < 1.29 is 20.1 Å². The zero-order valence-electron chi connectivity index (χ0n) is 7.99. The first-order chi connectivity index (χ1) is 6.10. The van der Waals surface area contributed by atoms with Crippen LogP contribution in [0.25, 0.3) is 0 Å². The molecule has 78 valence electrons. The van der Waals surface area contributed by atoms with Gasteiger partial charge in [0.15, 0.2) is 11.4 Å². The Bertz CT molecular complexity index is 152. The lowest BCUT2D eigenvalue weighted by Crippen LogP contribution is -2.45. The van der Waals surface area contributed by atoms with E-state index in [1.54, 1.807) is 0 Å². The lowest BCUT2D eigenvalue weighted by atomic mass is 9.96. The van der Waals surface area contributed by atoms with Crippen LogP contribution in [-0.2, 0) is 4.79 Å². The molecule has 0 aliphatic heterocycles. The average molecular weight is 190 g/mol. The number of hydrogen-bond acceptors (Lipinski definition) is 4. The van der Waals surface area contributed by atoms with Crippen LogP contribution in [0.15, 0.2) is 0 Å². The maximum absolute atomic E-state index is 11.2. The molecule has 0 aliphatic rings. The Morgan fingerprint density at radius 1 is 1.23 bits per heavy atom. The molecule has 0 saturated carbocycles. The lowest BCUT2D eigenvalue weighted by Gasteiger charge is -2.21. The maximum Gasteiger partial charge on any atom is 0.169 e. The molecule has 0 aromatic carbocycles. The Hall–Kier alpha value is -0.450. The lowest BCUT2D eigenvalue weighted by molar-refractivity contribution is -0.146. The second-order valence-electron chi connectivity index (χ2n) is 3.23. The van der Waals surface area contributed by atoms with Crippen molar-refractivity contribution in [2.24, 2.45) is 0 Å². The second kappa shape index (κ2) is 6.07. The third-order valence-electron chi connectivity index (χ3n) is 2.05. The minimum absolute atomic E-state index is 0.214. The van der Waals surface area contributed by atoms with E-state index >= 15 is 0 Å². The zero-order chi connectivity index (χ0) is 10.3. The van der Waals surface area contributed by atoms with Crippen molar-refractivity contribution in [2.45, 2.75) is 38.2 Å². The van der Waals surface area contributed by atoms with Crippen molar-refractivity contribution in [2.75, 3.05) is 13.2 Å². The first-order valence-corrected chi connectivity index (χ1v) is 4.58. The summed E-state index contributed by atoms with van der Waals surface area (Å²) in [6.45, 7) is 0.581. The summed E-state index contributed by atoms with van der Waals surface area (Å²) in [5, 5.41) is 26.7. The first kappa shape index (κ1) is 12.6. The number of unbranched alkanes of at least 4 members (excludes halogenated alkanes) is 2. The van der Waals surface area contributed by atoms with E-state index in [-0.39, 0.29) is 6.42 Å². The molecular formula is C9H18O4. The van der Waals surface area contributed by atoms with E-state index in [1.165, 1.54) is 0 Å². The fourth-order valence-electron chi connectivity index (χ4n) is 0.995. The third kappa shape index (κ3) is 3.85. The predicted molar refractivity (Wildman–Crippen MR) is 48.3 cm³/mol. The molecule has 0 amide bonds. The van der Waals surface area contributed by atoms with Gasteiger partial charge in [-0.05, 0) is 6.42 Å². The van der Waals surface area contributed by atoms with Crippen LogP contribution in [0, 0.1) is 0 Å². The van der Waals surface area contributed by atoms with Gasteiger partial charge in [0, 0.05) is 6.42 Å². The number of rotatable bonds is 7. The molecule has 0 aromatic heterocycles. The highest BCUT2D eigenvalue weighted by molar-refractivity contribution is 5.87. The molecule has 0 bridgehead atoms. The van der Waals surface area contributed by atoms with E-state index in [2.05, 4.69) is 0 Å². The van der Waals surface area contributed by atoms with Gasteiger partial charge in [0.1, 0.15) is 0 Å². The quantitative estimate of drug-likeness (QED) is 0.488. The Morgan fingerprint density at radius 2 is 1.77 bits per heavy atom. The molecule has 0 aromatic rings. The average Bonchev–Trinajstić information content (AvgIpc) is 2.17. The van der Waals surface area contributed by atoms with Gasteiger partial charge in [0.2, 0.25) is 0 Å². The second-order valence-corrected chi connectivity index (χ2v) is 3.23. The van der Waals surface area contributed by atoms with Crippen molar-refractivity contribution >= 4 is 5.78 Å². The summed E-state index contributed by atoms with van der Waals surface area (Å²) in [5.41, 5.74) is -1.94. The Balaban J connectivity index is 3.92. The molecule has 0 rings (SSSR count). The fourth-order valence-corrected chi connectivity index (χ4v) is 0.995. The minimum atomic E-state index is -1.94. The van der Waals surface area contributed by atoms with Gasteiger partial charge in [-0.2, -0.15) is 0 Å². The van der Waals surface area contributed by atoms with E-state index < -0.39 is 24.6 Å². The van der Waals surface area contributed by atoms with Crippen LogP contribution in [0.4, 0.5) is 0 Å². The van der Waals surface area contributed by atoms with Crippen LogP contribution in [0.1, 0.15) is 32.6 Å². The highest BCUT2D eigenvalue weighted by Crippen LogP contribution is 2.10. The Morgan fingerprint density at radius 3 is 2.15 bits per heavy atom. The van der Waals surface area contributed by atoms with E-state index in [9.17, 15) is 9.90 Å². The van der Waals surface area contributed by atoms with Crippen LogP contribution in [0.3, 0.4) is 0 Å². The summed E-state index contributed by atoms with van der Waals surface area (Å²) in [4.78, 5) is 11.2. The third-order valence-corrected chi connectivity index (χ3v) is 2.05. The van der Waals surface area contributed by atoms with Gasteiger partial charge in [-0.15, -0.1) is 0 Å². The predicted octanol–water partition coefficient (Wildman–Crippen LogP) is -0.148. The molecule has 4 heteroatoms. The van der Waals surface area contributed by atoms with Crippen LogP contribution in [0.5, 0.6) is 0 Å². The van der Waals surface area contributed by atoms with Crippen molar-refractivity contribution in [3.8, 4) is 0 Å². The van der Waals surface area contributed by atoms with Gasteiger partial charge in [-0.1, -0.05) is 19.8 Å². The molecule has 0 atom stereocenters. The SMILES string of the molecule is CCCCCC(=O)C(O)(CO)CO. The fraction of sp³-hybridized carbons (Fsp3) is 0.889. The molecule has 0 saturated heterocycles. The number of ketones is 1. The van der Waals surface area contributed by atoms with E-state index in [1.807, 2.05) is 6.92 Å². The van der Waals surface area contributed by atoms with E-state index in [0.717, 1.165) is 12.8 Å². The number of aliphatic hydroxyl groups is 3. The molecule has 0 unspecified atom stereocenters. The van der Waals surface area contributed by atoms with Gasteiger partial charge < -0.3 is 15.3 Å². The summed E-state index contributed by atoms with van der Waals surface area (Å²) in [6.07, 6.45) is 2.81. The first-order valence-electron chi connectivity index (χ1n) is 4.58. The molecule has 3 N–H and O–H groups in total. The molecule has 4 nitrogen and oxygen atoms in total. The molecule has 13 heavy (non-hydrogen) atoms. The van der Waals surface area contributed by atoms with Crippen molar-refractivity contribution in [1.82, 2.24) is 0 Å². The van der Waals surface area contributed by atoms with Crippen molar-refractivity contribution in [1.29, 1.82) is 0 Å². The van der Waals surface area contributed by atoms with Crippen molar-refractivity contribution in [3.63, 3.8) is 0 Å². The Labute approximate surface area is 78.2 Å². The monoisotopic (exact) mass is 190 g/mol. The molecule has 0 aliphatic carbocycles. The van der Waals surface area contributed by atoms with Gasteiger partial charge >= 0.3 is 0 Å². The Kier molecular flexibility index (Phi) is 5.86. The van der Waals surface area contributed by atoms with Crippen LogP contribution >= 0.6 is 0 Å². The van der Waals surface area contributed by atoms with E-state index in [4.69, 9.17) is 10.2 Å². The summed E-state index contributed by atoms with van der Waals surface area (Å²) < 4.78 is 0. The van der Waals surface area contributed by atoms with Crippen molar-refractivity contribution in [3.05, 3.63) is 0 Å². The molecule has 0 radical (unpaired) electrons. The maximum atomic E-state index is 11.2. The van der Waals surface area contributed by atoms with Crippen LogP contribution in [0.2, 0.25) is 0 Å². The van der Waals surface area contributed by atoms with Gasteiger partial charge in [0.25, 0.3) is 0 Å². The topological polar surface area (TPSA) is 77.8 Å². The van der Waals surface area contributed by atoms with Crippen LogP contribution < -0.4 is 0 Å². The minimum Gasteiger partial charge on any atom is -0.393 e. The highest BCUT2D eigenvalue weighted by atomic mass is 16.4. The molecule has 0 spiro atoms. The number of Topliss-reactive ketones (excluding diaryl/α,β-unsaturated/α-hetero) is 1. The summed E-state index contributed by atoms with van der Waals surface area (Å²) >= 11 is 0. The molecule has 0 heterocycles. The normalized spacial score (nSPS) is 11.7. The van der Waals surface area contributed by atoms with Crippen LogP contribution in [-0.4, -0.2) is 39.9 Å². The largest absolute Gasteiger partial charge is 0.393 e. The smallest absolute Gasteiger partial charge is 0.169 e. The van der Waals surface area contributed by atoms with Gasteiger partial charge in [-0.3, -0.25) is 4.79 Å². The summed E-state index contributed by atoms with van der Waals surface area (Å²) in [7, 11) is 0. The zero-order valence-corrected chi connectivity index (χ0v) is 7.99. The van der Waals surface area contributed by atoms with Gasteiger partial charge in [-0.25, -0.2) is 0 Å². The number of carbonyl (C=O) groups excluding carboxylic acids is 1. The van der Waals surface area contributed by atoms with Gasteiger partial charge in [0.05, 0.1) is 13.2 Å². The molecular weight excluding hydrogens is 172 g/mol. The standard InChI is InChI=1S/C9H18O4/c1-2-3-4-5-8(12)9(13,6-10)7-11/h10-11,13H,2-7H2,1H3. The number of hydrogen-bond donors (Lipinski definition) is 3. The number of aliphatic hydroxyl groups excluding tert-OH is 2. The molecule has 0 fully saturated rings. The summed E-state index contributed by atoms with van der Waals surface area (Å²) in [5.74, 6) is -0.481. The highest BCUT2D eigenvalue weighted by Gasteiger charge is 2.33. The van der Waals surface area contributed by atoms with E-state index in [0.29, 0.717) is 6.42 Å².